The van der Waals surface area contributed by atoms with Crippen molar-refractivity contribution in [2.75, 3.05) is 25.5 Å². The summed E-state index contributed by atoms with van der Waals surface area (Å²) in [6.45, 7) is 1.20. The van der Waals surface area contributed by atoms with E-state index in [2.05, 4.69) is 10.4 Å². The minimum absolute atomic E-state index is 0.0959. The van der Waals surface area contributed by atoms with Crippen molar-refractivity contribution < 1.29 is 18.7 Å². The summed E-state index contributed by atoms with van der Waals surface area (Å²) >= 11 is 0. The van der Waals surface area contributed by atoms with Gasteiger partial charge in [0.05, 0.1) is 31.2 Å². The normalized spacial score (nSPS) is 14.6. The number of nitrogens with zero attached hydrogens (tertiary/aromatic N) is 3. The van der Waals surface area contributed by atoms with Crippen molar-refractivity contribution in [2.24, 2.45) is 0 Å². The third-order valence-electron chi connectivity index (χ3n) is 5.09. The molecule has 3 heterocycles. The number of likely N-dealkylation sites (tertiary alicyclic amines) is 1. The highest BCUT2D eigenvalue weighted by atomic mass is 16.5. The fourth-order valence-corrected chi connectivity index (χ4v) is 3.59. The van der Waals surface area contributed by atoms with Crippen molar-refractivity contribution in [3.63, 3.8) is 0 Å². The average Bonchev–Trinajstić information content (AvgIpc) is 3.45. The molecule has 0 spiro atoms. The molecule has 0 atom stereocenters. The Balaban J connectivity index is 1.42. The number of anilines is 1. The molecule has 3 aromatic rings. The molecule has 0 unspecified atom stereocenters. The summed E-state index contributed by atoms with van der Waals surface area (Å²) in [6.07, 6.45) is 4.65. The number of amides is 2. The molecular formula is C21H22N4O4. The zero-order valence-corrected chi connectivity index (χ0v) is 16.1. The van der Waals surface area contributed by atoms with Gasteiger partial charge in [-0.3, -0.25) is 9.59 Å². The van der Waals surface area contributed by atoms with Gasteiger partial charge in [0.2, 0.25) is 0 Å². The van der Waals surface area contributed by atoms with Gasteiger partial charge in [-0.1, -0.05) is 12.1 Å². The third-order valence-corrected chi connectivity index (χ3v) is 5.09. The number of carbonyl (C=O) groups excluding carboxylic acids is 2. The molecule has 1 aliphatic rings. The number of nitrogens with one attached hydrogen (secondary N) is 1. The second-order valence-corrected chi connectivity index (χ2v) is 6.82. The van der Waals surface area contributed by atoms with Crippen LogP contribution in [0.25, 0.3) is 0 Å². The molecule has 2 amide bonds. The number of hydrogen-bond donors (Lipinski definition) is 1. The lowest BCUT2D eigenvalue weighted by atomic mass is 10.0. The fourth-order valence-electron chi connectivity index (χ4n) is 3.59. The Bertz CT molecular complexity index is 988. The van der Waals surface area contributed by atoms with E-state index < -0.39 is 0 Å². The predicted octanol–water partition coefficient (Wildman–Crippen LogP) is 3.21. The van der Waals surface area contributed by atoms with Gasteiger partial charge in [0, 0.05) is 19.2 Å². The number of furan rings is 1. The molecule has 0 saturated carbocycles. The van der Waals surface area contributed by atoms with E-state index in [1.165, 1.54) is 13.4 Å². The lowest BCUT2D eigenvalue weighted by molar-refractivity contribution is 0.0659. The molecular weight excluding hydrogens is 372 g/mol. The van der Waals surface area contributed by atoms with E-state index in [-0.39, 0.29) is 17.9 Å². The zero-order chi connectivity index (χ0) is 20.2. The number of hydrogen-bond acceptors (Lipinski definition) is 5. The maximum Gasteiger partial charge on any atom is 0.289 e. The first-order chi connectivity index (χ1) is 14.2. The van der Waals surface area contributed by atoms with Crippen LogP contribution in [0.15, 0.2) is 59.3 Å². The number of piperidine rings is 1. The van der Waals surface area contributed by atoms with Gasteiger partial charge < -0.3 is 19.4 Å². The lowest BCUT2D eigenvalue weighted by Crippen LogP contribution is -2.39. The summed E-state index contributed by atoms with van der Waals surface area (Å²) in [4.78, 5) is 26.9. The van der Waals surface area contributed by atoms with E-state index in [1.54, 1.807) is 47.5 Å². The average molecular weight is 394 g/mol. The molecule has 8 heteroatoms. The van der Waals surface area contributed by atoms with Crippen LogP contribution in [0.3, 0.4) is 0 Å². The number of aromatic nitrogens is 2. The number of rotatable bonds is 5. The Morgan fingerprint density at radius 2 is 1.93 bits per heavy atom. The number of carbonyl (C=O) groups is 2. The van der Waals surface area contributed by atoms with E-state index in [4.69, 9.17) is 9.15 Å². The molecule has 1 aromatic carbocycles. The van der Waals surface area contributed by atoms with Gasteiger partial charge in [-0.05, 0) is 37.1 Å². The molecule has 1 fully saturated rings. The SMILES string of the molecule is COc1ccccc1C(=O)Nc1ccnn1C1CCN(C(=O)c2ccco2)CC1. The maximum absolute atomic E-state index is 12.7. The highest BCUT2D eigenvalue weighted by molar-refractivity contribution is 6.05. The van der Waals surface area contributed by atoms with Gasteiger partial charge in [0.25, 0.3) is 11.8 Å². The van der Waals surface area contributed by atoms with Crippen molar-refractivity contribution in [2.45, 2.75) is 18.9 Å². The Morgan fingerprint density at radius 1 is 1.14 bits per heavy atom. The van der Waals surface area contributed by atoms with E-state index >= 15 is 0 Å². The first-order valence-corrected chi connectivity index (χ1v) is 9.48. The van der Waals surface area contributed by atoms with Crippen LogP contribution in [0.1, 0.15) is 39.8 Å². The van der Waals surface area contributed by atoms with Crippen LogP contribution < -0.4 is 10.1 Å². The van der Waals surface area contributed by atoms with Gasteiger partial charge in [0.15, 0.2) is 5.76 Å². The van der Waals surface area contributed by atoms with Crippen LogP contribution in [0.2, 0.25) is 0 Å². The largest absolute Gasteiger partial charge is 0.496 e. The summed E-state index contributed by atoms with van der Waals surface area (Å²) < 4.78 is 12.3. The van der Waals surface area contributed by atoms with Crippen molar-refractivity contribution in [3.05, 3.63) is 66.2 Å². The van der Waals surface area contributed by atoms with Crippen LogP contribution in [0.5, 0.6) is 5.75 Å². The predicted molar refractivity (Wildman–Crippen MR) is 106 cm³/mol. The molecule has 1 aliphatic heterocycles. The lowest BCUT2D eigenvalue weighted by Gasteiger charge is -2.32. The summed E-state index contributed by atoms with van der Waals surface area (Å²) in [5, 5.41) is 7.32. The Kier molecular flexibility index (Phi) is 5.33. The van der Waals surface area contributed by atoms with Gasteiger partial charge in [-0.15, -0.1) is 0 Å². The van der Waals surface area contributed by atoms with E-state index in [9.17, 15) is 9.59 Å². The summed E-state index contributed by atoms with van der Waals surface area (Å²) in [6, 6.07) is 12.3. The molecule has 4 rings (SSSR count). The quantitative estimate of drug-likeness (QED) is 0.718. The van der Waals surface area contributed by atoms with Crippen molar-refractivity contribution >= 4 is 17.6 Å². The van der Waals surface area contributed by atoms with Crippen LogP contribution >= 0.6 is 0 Å². The Morgan fingerprint density at radius 3 is 2.66 bits per heavy atom. The monoisotopic (exact) mass is 394 g/mol. The van der Waals surface area contributed by atoms with Gasteiger partial charge >= 0.3 is 0 Å². The summed E-state index contributed by atoms with van der Waals surface area (Å²) in [7, 11) is 1.54. The van der Waals surface area contributed by atoms with Crippen molar-refractivity contribution in [1.82, 2.24) is 14.7 Å². The van der Waals surface area contributed by atoms with Crippen LogP contribution in [0.4, 0.5) is 5.82 Å². The minimum atomic E-state index is -0.255. The topological polar surface area (TPSA) is 89.6 Å². The third kappa shape index (κ3) is 3.87. The van der Waals surface area contributed by atoms with E-state index in [1.807, 2.05) is 10.7 Å². The first kappa shape index (κ1) is 18.8. The zero-order valence-electron chi connectivity index (χ0n) is 16.1. The van der Waals surface area contributed by atoms with Crippen molar-refractivity contribution in [1.29, 1.82) is 0 Å². The molecule has 0 bridgehead atoms. The van der Waals surface area contributed by atoms with Gasteiger partial charge in [-0.2, -0.15) is 5.10 Å². The molecule has 1 saturated heterocycles. The minimum Gasteiger partial charge on any atom is -0.496 e. The smallest absolute Gasteiger partial charge is 0.289 e. The Labute approximate surface area is 168 Å². The number of benzene rings is 1. The number of methoxy groups -OCH3 is 1. The van der Waals surface area contributed by atoms with Crippen LogP contribution in [-0.4, -0.2) is 46.7 Å². The fraction of sp³-hybridized carbons (Fsp3) is 0.286. The molecule has 2 aromatic heterocycles. The number of ether oxygens (including phenoxy) is 1. The van der Waals surface area contributed by atoms with Crippen molar-refractivity contribution in [3.8, 4) is 5.75 Å². The highest BCUT2D eigenvalue weighted by Gasteiger charge is 2.27. The van der Waals surface area contributed by atoms with E-state index in [0.29, 0.717) is 36.0 Å². The summed E-state index contributed by atoms with van der Waals surface area (Å²) in [5.74, 6) is 1.14. The Hall–Kier alpha value is -3.55. The maximum atomic E-state index is 12.7. The first-order valence-electron chi connectivity index (χ1n) is 9.48. The highest BCUT2D eigenvalue weighted by Crippen LogP contribution is 2.27. The molecule has 29 heavy (non-hydrogen) atoms. The second-order valence-electron chi connectivity index (χ2n) is 6.82. The number of para-hydroxylation sites is 1. The molecule has 150 valence electrons. The second kappa shape index (κ2) is 8.22. The molecule has 0 aliphatic carbocycles. The van der Waals surface area contributed by atoms with Gasteiger partial charge in [-0.25, -0.2) is 4.68 Å². The standard InChI is InChI=1S/C21H22N4O4/c1-28-17-6-3-2-5-16(17)20(26)23-19-8-11-22-25(19)15-9-12-24(13-10-15)21(27)18-7-4-14-29-18/h2-8,11,14-15H,9-10,12-13H2,1H3,(H,23,26). The van der Waals surface area contributed by atoms with Crippen LogP contribution in [0, 0.1) is 0 Å². The summed E-state index contributed by atoms with van der Waals surface area (Å²) in [5.41, 5.74) is 0.460. The van der Waals surface area contributed by atoms with Crippen LogP contribution in [-0.2, 0) is 0 Å². The van der Waals surface area contributed by atoms with E-state index in [0.717, 1.165) is 12.8 Å². The molecule has 1 N–H and O–H groups in total. The molecule has 0 radical (unpaired) electrons. The molecule has 8 nitrogen and oxygen atoms in total. The van der Waals surface area contributed by atoms with Gasteiger partial charge in [0.1, 0.15) is 11.6 Å².